The monoisotopic (exact) mass is 1040 g/mol. The zero-order chi connectivity index (χ0) is 52.9. The van der Waals surface area contributed by atoms with Crippen LogP contribution in [0.15, 0.2) is 54.2 Å². The molecule has 0 spiro atoms. The van der Waals surface area contributed by atoms with Gasteiger partial charge in [0, 0.05) is 32.5 Å². The van der Waals surface area contributed by atoms with E-state index in [0.717, 1.165) is 33.8 Å². The summed E-state index contributed by atoms with van der Waals surface area (Å²) in [7, 11) is 0. The van der Waals surface area contributed by atoms with Gasteiger partial charge in [-0.1, -0.05) is 45.0 Å². The SMILES string of the molecule is Cc1ncsc1-c1ccc(CNC(=O)[C@@H]2CC(O)CN2C(=O)[C@@H](NC(=O)COCCOCCCOc2ncc(N3C(=S)N(c4ccc(C#N)c(C(F)(F)F)c4F)C(=O)C3(C)C)cc2C(N)=O)C(C)(C)C)cc1. The molecular formula is C48H53F4N9O9S2. The molecule has 6 rings (SSSR count). The number of nitrogens with two attached hydrogens (primary N) is 1. The van der Waals surface area contributed by atoms with Gasteiger partial charge in [0.25, 0.3) is 11.8 Å². The minimum Gasteiger partial charge on any atom is -0.477 e. The van der Waals surface area contributed by atoms with Crippen molar-refractivity contribution in [2.45, 2.75) is 90.8 Å². The summed E-state index contributed by atoms with van der Waals surface area (Å²) >= 11 is 7.01. The van der Waals surface area contributed by atoms with Crippen molar-refractivity contribution in [2.75, 3.05) is 49.4 Å². The van der Waals surface area contributed by atoms with E-state index in [0.29, 0.717) is 4.90 Å². The van der Waals surface area contributed by atoms with Gasteiger partial charge in [-0.3, -0.25) is 28.9 Å². The number of carbonyl (C=O) groups excluding carboxylic acids is 5. The molecular weight excluding hydrogens is 987 g/mol. The summed E-state index contributed by atoms with van der Waals surface area (Å²) in [4.78, 5) is 79.2. The van der Waals surface area contributed by atoms with E-state index in [9.17, 15) is 47.5 Å². The van der Waals surface area contributed by atoms with Gasteiger partial charge in [-0.2, -0.15) is 18.4 Å². The van der Waals surface area contributed by atoms with Crippen LogP contribution < -0.4 is 30.9 Å². The number of aryl methyl sites for hydroxylation is 1. The lowest BCUT2D eigenvalue weighted by molar-refractivity contribution is -0.144. The summed E-state index contributed by atoms with van der Waals surface area (Å²) in [6, 6.07) is 9.80. The summed E-state index contributed by atoms with van der Waals surface area (Å²) < 4.78 is 73.6. The Balaban J connectivity index is 0.950. The van der Waals surface area contributed by atoms with Gasteiger partial charge in [0.15, 0.2) is 10.9 Å². The lowest BCUT2D eigenvalue weighted by atomic mass is 9.85. The number of benzene rings is 2. The van der Waals surface area contributed by atoms with Crippen molar-refractivity contribution < 1.29 is 60.9 Å². The second-order valence-electron chi connectivity index (χ2n) is 18.5. The Bertz CT molecular complexity index is 2760. The van der Waals surface area contributed by atoms with E-state index in [1.165, 1.54) is 53.3 Å². The van der Waals surface area contributed by atoms with Gasteiger partial charge in [0.05, 0.1) is 71.2 Å². The summed E-state index contributed by atoms with van der Waals surface area (Å²) in [6.07, 6.45) is -4.69. The number of amides is 5. The number of thiazole rings is 1. The van der Waals surface area contributed by atoms with Crippen LogP contribution in [0.25, 0.3) is 10.4 Å². The molecule has 3 atom stereocenters. The van der Waals surface area contributed by atoms with Crippen LogP contribution in [-0.4, -0.2) is 118 Å². The van der Waals surface area contributed by atoms with Crippen LogP contribution in [0, 0.1) is 29.5 Å². The van der Waals surface area contributed by atoms with E-state index in [1.54, 1.807) is 26.3 Å². The average Bonchev–Trinajstić information content (AvgIpc) is 3.98. The summed E-state index contributed by atoms with van der Waals surface area (Å²) in [5.41, 5.74) is 3.90. The molecule has 384 valence electrons. The molecule has 2 aromatic carbocycles. The number of likely N-dealkylation sites (tertiary alicyclic amines) is 1. The first kappa shape index (κ1) is 54.7. The predicted octanol–water partition coefficient (Wildman–Crippen LogP) is 5.17. The van der Waals surface area contributed by atoms with Crippen LogP contribution in [0.4, 0.5) is 28.9 Å². The second kappa shape index (κ2) is 22.4. The number of primary amides is 1. The molecule has 72 heavy (non-hydrogen) atoms. The number of carbonyl (C=O) groups is 5. The van der Waals surface area contributed by atoms with Crippen molar-refractivity contribution in [2.24, 2.45) is 11.1 Å². The van der Waals surface area contributed by atoms with Gasteiger partial charge in [0.2, 0.25) is 23.6 Å². The van der Waals surface area contributed by atoms with E-state index >= 15 is 4.39 Å². The Kier molecular flexibility index (Phi) is 17.0. The fourth-order valence-electron chi connectivity index (χ4n) is 8.10. The van der Waals surface area contributed by atoms with Crippen molar-refractivity contribution in [1.29, 1.82) is 5.26 Å². The summed E-state index contributed by atoms with van der Waals surface area (Å²) in [5.74, 6) is -5.48. The molecule has 4 heterocycles. The number of nitrogens with one attached hydrogen (secondary N) is 2. The molecule has 0 bridgehead atoms. The lowest BCUT2D eigenvalue weighted by Crippen LogP contribution is -2.58. The van der Waals surface area contributed by atoms with E-state index in [1.807, 2.05) is 31.2 Å². The third-order valence-electron chi connectivity index (χ3n) is 11.8. The van der Waals surface area contributed by atoms with Crippen LogP contribution in [0.1, 0.15) is 80.2 Å². The highest BCUT2D eigenvalue weighted by molar-refractivity contribution is 7.81. The predicted molar refractivity (Wildman–Crippen MR) is 259 cm³/mol. The molecule has 5 amide bonds. The first-order chi connectivity index (χ1) is 33.9. The molecule has 24 heteroatoms. The molecule has 2 aliphatic rings. The first-order valence-electron chi connectivity index (χ1n) is 22.5. The smallest absolute Gasteiger partial charge is 0.420 e. The Morgan fingerprint density at radius 3 is 2.38 bits per heavy atom. The number of hydrogen-bond acceptors (Lipinski definition) is 14. The summed E-state index contributed by atoms with van der Waals surface area (Å²) in [5, 5.41) is 24.9. The molecule has 0 saturated carbocycles. The van der Waals surface area contributed by atoms with Crippen LogP contribution in [0.2, 0.25) is 0 Å². The van der Waals surface area contributed by atoms with E-state index in [2.05, 4.69) is 20.6 Å². The number of aliphatic hydroxyl groups excluding tert-OH is 1. The number of hydrogen-bond donors (Lipinski definition) is 4. The fourth-order valence-corrected chi connectivity index (χ4v) is 9.43. The number of aliphatic hydroxyl groups is 1. The zero-order valence-electron chi connectivity index (χ0n) is 40.1. The fraction of sp³-hybridized carbons (Fsp3) is 0.438. The molecule has 4 aromatic rings. The number of thiocarbonyl (C=S) groups is 1. The molecule has 2 aromatic heterocycles. The number of rotatable bonds is 19. The van der Waals surface area contributed by atoms with Gasteiger partial charge in [0.1, 0.15) is 35.4 Å². The van der Waals surface area contributed by atoms with Crippen molar-refractivity contribution in [1.82, 2.24) is 25.5 Å². The highest BCUT2D eigenvalue weighted by Crippen LogP contribution is 2.42. The quantitative estimate of drug-likeness (QED) is 0.0539. The van der Waals surface area contributed by atoms with Crippen molar-refractivity contribution in [3.8, 4) is 22.4 Å². The van der Waals surface area contributed by atoms with E-state index < -0.39 is 99.2 Å². The normalized spacial score (nSPS) is 17.2. The maximum absolute atomic E-state index is 15.5. The van der Waals surface area contributed by atoms with Gasteiger partial charge < -0.3 is 45.5 Å². The molecule has 2 fully saturated rings. The number of anilines is 2. The highest BCUT2D eigenvalue weighted by Gasteiger charge is 2.52. The number of pyridine rings is 1. The van der Waals surface area contributed by atoms with Crippen LogP contribution >= 0.6 is 23.6 Å². The largest absolute Gasteiger partial charge is 0.477 e. The minimum atomic E-state index is -5.26. The molecule has 5 N–H and O–H groups in total. The molecule has 2 aliphatic heterocycles. The number of alkyl halides is 3. The number of β-amino-alcohol motifs (C(OH)–C–C–N with tert-alkyl or cyclic N) is 1. The number of nitriles is 1. The standard InChI is InChI=1S/C48H53F4N9O9S2/c1-26-38(72-25-57-26)28-10-8-27(9-11-28)21-55-41(65)34-19-31(62)23-59(34)43(66)39(46(2,3)4)58-35(63)24-69-17-16-68-14-7-15-70-42-32(40(54)64)18-30(22-56-42)61-45(71)60(44(67)47(61,5)6)33-13-12-29(20-53)36(37(33)49)48(50,51)52/h8-13,18,22,25,31,34,39,62H,7,14-17,19,21,23-24H2,1-6H3,(H2,54,64)(H,55,65)(H,58,63)/t31?,34-,39+/m0/s1. The Morgan fingerprint density at radius 2 is 1.75 bits per heavy atom. The third-order valence-corrected chi connectivity index (χ3v) is 13.1. The van der Waals surface area contributed by atoms with Gasteiger partial charge in [-0.25, -0.2) is 14.4 Å². The molecule has 2 saturated heterocycles. The van der Waals surface area contributed by atoms with Gasteiger partial charge in [-0.05, 0) is 67.7 Å². The number of nitrogens with zero attached hydrogens (tertiary/aromatic N) is 6. The third kappa shape index (κ3) is 12.2. The average molecular weight is 1040 g/mol. The van der Waals surface area contributed by atoms with Crippen molar-refractivity contribution >= 4 is 69.6 Å². The lowest BCUT2D eigenvalue weighted by Gasteiger charge is -2.35. The number of halogens is 4. The Morgan fingerprint density at radius 1 is 1.06 bits per heavy atom. The van der Waals surface area contributed by atoms with Gasteiger partial charge >= 0.3 is 6.18 Å². The zero-order valence-corrected chi connectivity index (χ0v) is 41.7. The summed E-state index contributed by atoms with van der Waals surface area (Å²) in [6.45, 7) is 9.90. The van der Waals surface area contributed by atoms with E-state index in [4.69, 9.17) is 32.2 Å². The number of aromatic nitrogens is 2. The highest BCUT2D eigenvalue weighted by atomic mass is 32.1. The number of ether oxygens (including phenoxy) is 3. The van der Waals surface area contributed by atoms with Crippen LogP contribution in [-0.2, 0) is 41.4 Å². The molecule has 1 unspecified atom stereocenters. The van der Waals surface area contributed by atoms with Gasteiger partial charge in [-0.15, -0.1) is 11.3 Å². The maximum atomic E-state index is 15.5. The van der Waals surface area contributed by atoms with E-state index in [-0.39, 0.29) is 69.5 Å². The molecule has 0 radical (unpaired) electrons. The second-order valence-corrected chi connectivity index (χ2v) is 19.7. The maximum Gasteiger partial charge on any atom is 0.420 e. The first-order valence-corrected chi connectivity index (χ1v) is 23.8. The van der Waals surface area contributed by atoms with Crippen LogP contribution in [0.3, 0.4) is 0 Å². The minimum absolute atomic E-state index is 0.00136. The topological polar surface area (TPSA) is 243 Å². The molecule has 0 aliphatic carbocycles. The molecule has 18 nitrogen and oxygen atoms in total. The van der Waals surface area contributed by atoms with Crippen molar-refractivity contribution in [3.05, 3.63) is 87.9 Å². The Labute approximate surface area is 421 Å². The van der Waals surface area contributed by atoms with Crippen molar-refractivity contribution in [3.63, 3.8) is 0 Å². The van der Waals surface area contributed by atoms with Crippen LogP contribution in [0.5, 0.6) is 5.88 Å². The Hall–Kier alpha value is -6.65.